The third-order valence-electron chi connectivity index (χ3n) is 8.63. The fourth-order valence-corrected chi connectivity index (χ4v) is 6.58. The number of piperazine rings is 1. The van der Waals surface area contributed by atoms with E-state index in [4.69, 9.17) is 16.9 Å². The third kappa shape index (κ3) is 7.12. The molecule has 0 spiro atoms. The van der Waals surface area contributed by atoms with Gasteiger partial charge in [0.1, 0.15) is 17.9 Å². The number of nitrogens with zero attached hydrogens (tertiary/aromatic N) is 5. The Hall–Kier alpha value is -3.24. The maximum Gasteiger partial charge on any atom is 0.401 e. The van der Waals surface area contributed by atoms with E-state index in [0.29, 0.717) is 28.1 Å². The fraction of sp³-hybridized carbons (Fsp3) is 0.533. The van der Waals surface area contributed by atoms with Crippen molar-refractivity contribution in [1.29, 1.82) is 5.26 Å². The number of piperidine rings is 1. The number of pyridine rings is 1. The van der Waals surface area contributed by atoms with Crippen LogP contribution in [0.1, 0.15) is 37.8 Å². The van der Waals surface area contributed by atoms with Crippen molar-refractivity contribution in [2.45, 2.75) is 69.6 Å². The summed E-state index contributed by atoms with van der Waals surface area (Å²) in [5.41, 5.74) is 2.24. The van der Waals surface area contributed by atoms with E-state index >= 15 is 0 Å². The van der Waals surface area contributed by atoms with Crippen LogP contribution in [0.25, 0.3) is 0 Å². The van der Waals surface area contributed by atoms with Crippen LogP contribution in [0.2, 0.25) is 5.02 Å². The summed E-state index contributed by atoms with van der Waals surface area (Å²) < 4.78 is 37.8. The molecule has 2 aliphatic heterocycles. The molecule has 1 aromatic carbocycles. The van der Waals surface area contributed by atoms with Crippen LogP contribution >= 0.6 is 11.6 Å². The fourth-order valence-electron chi connectivity index (χ4n) is 6.31. The first-order valence-corrected chi connectivity index (χ1v) is 14.9. The number of nitrogens with one attached hydrogen (secondary N) is 2. The quantitative estimate of drug-likeness (QED) is 0.430. The molecule has 2 saturated heterocycles. The van der Waals surface area contributed by atoms with Gasteiger partial charge in [0.2, 0.25) is 11.6 Å². The second kappa shape index (κ2) is 12.8. The van der Waals surface area contributed by atoms with Crippen LogP contribution in [-0.2, 0) is 16.1 Å². The maximum absolute atomic E-state index is 12.6. The monoisotopic (exact) mass is 617 g/mol. The topological polar surface area (TPSA) is 105 Å². The van der Waals surface area contributed by atoms with E-state index in [2.05, 4.69) is 50.2 Å². The Balaban J connectivity index is 1.15. The summed E-state index contributed by atoms with van der Waals surface area (Å²) in [6, 6.07) is 10.0. The average molecular weight is 618 g/mol. The number of hydrogen-bond acceptors (Lipinski definition) is 9. The molecule has 1 aliphatic carbocycles. The van der Waals surface area contributed by atoms with Gasteiger partial charge in [-0.3, -0.25) is 24.7 Å². The van der Waals surface area contributed by atoms with Gasteiger partial charge in [0.15, 0.2) is 0 Å². The van der Waals surface area contributed by atoms with E-state index < -0.39 is 36.4 Å². The first kappa shape index (κ1) is 31.2. The molecular formula is C30H35ClF3N7O2. The summed E-state index contributed by atoms with van der Waals surface area (Å²) in [7, 11) is 0. The highest BCUT2D eigenvalue weighted by Crippen LogP contribution is 2.33. The summed E-state index contributed by atoms with van der Waals surface area (Å²) in [4.78, 5) is 35.6. The number of likely N-dealkylation sites (tertiary alicyclic amines) is 1. The summed E-state index contributed by atoms with van der Waals surface area (Å²) in [6.45, 7) is 7.45. The summed E-state index contributed by atoms with van der Waals surface area (Å²) in [5, 5.41) is 14.3. The summed E-state index contributed by atoms with van der Waals surface area (Å²) >= 11 is 6.63. The highest BCUT2D eigenvalue weighted by molar-refractivity contribution is 6.49. The number of carbonyl (C=O) groups is 2. The number of alkyl halides is 3. The van der Waals surface area contributed by atoms with Crippen molar-refractivity contribution in [2.24, 2.45) is 0 Å². The van der Waals surface area contributed by atoms with Crippen LogP contribution in [0, 0.1) is 11.3 Å². The molecular weight excluding hydrogens is 583 g/mol. The lowest BCUT2D eigenvalue weighted by molar-refractivity contribution is -0.149. The van der Waals surface area contributed by atoms with Gasteiger partial charge in [0, 0.05) is 37.8 Å². The molecule has 0 radical (unpaired) electrons. The normalized spacial score (nSPS) is 25.8. The Bertz CT molecular complexity index is 1380. The van der Waals surface area contributed by atoms with E-state index in [-0.39, 0.29) is 12.1 Å². The molecule has 2 aromatic rings. The molecule has 1 saturated carbocycles. The SMILES string of the molecule is C[C@@H]1CN(c2ncc(NC3C(=O)C(=O)C3NCC(F)(F)F)cc2Cl)[C@@H](C)CN1C1CCN(Cc2ccc(C#N)cc2)CC1. The molecule has 3 fully saturated rings. The van der Waals surface area contributed by atoms with E-state index in [0.717, 1.165) is 45.6 Å². The van der Waals surface area contributed by atoms with Crippen molar-refractivity contribution in [2.75, 3.05) is 42.9 Å². The number of carbonyl (C=O) groups excluding carboxylic acids is 2. The van der Waals surface area contributed by atoms with Gasteiger partial charge in [-0.15, -0.1) is 0 Å². The first-order chi connectivity index (χ1) is 20.4. The lowest BCUT2D eigenvalue weighted by atomic mass is 9.83. The van der Waals surface area contributed by atoms with Gasteiger partial charge in [0.25, 0.3) is 0 Å². The number of hydrogen-bond donors (Lipinski definition) is 2. The number of ketones is 2. The number of halogens is 4. The zero-order valence-corrected chi connectivity index (χ0v) is 24.8. The van der Waals surface area contributed by atoms with E-state index in [9.17, 15) is 22.8 Å². The molecule has 13 heteroatoms. The van der Waals surface area contributed by atoms with E-state index in [1.807, 2.05) is 24.3 Å². The van der Waals surface area contributed by atoms with Crippen LogP contribution in [0.5, 0.6) is 0 Å². The number of anilines is 2. The molecule has 230 valence electrons. The van der Waals surface area contributed by atoms with Gasteiger partial charge >= 0.3 is 6.18 Å². The van der Waals surface area contributed by atoms with Crippen LogP contribution in [0.4, 0.5) is 24.7 Å². The van der Waals surface area contributed by atoms with E-state index in [1.54, 1.807) is 6.07 Å². The lowest BCUT2D eigenvalue weighted by Gasteiger charge is -2.49. The number of nitriles is 1. The molecule has 5 rings (SSSR count). The second-order valence-corrected chi connectivity index (χ2v) is 12.1. The zero-order chi connectivity index (χ0) is 30.9. The molecule has 0 amide bonds. The Morgan fingerprint density at radius 2 is 1.72 bits per heavy atom. The van der Waals surface area contributed by atoms with Gasteiger partial charge in [-0.2, -0.15) is 18.4 Å². The molecule has 1 aromatic heterocycles. The van der Waals surface area contributed by atoms with Gasteiger partial charge < -0.3 is 10.2 Å². The highest BCUT2D eigenvalue weighted by atomic mass is 35.5. The average Bonchev–Trinajstić information content (AvgIpc) is 2.98. The zero-order valence-electron chi connectivity index (χ0n) is 24.1. The van der Waals surface area contributed by atoms with Crippen molar-refractivity contribution >= 4 is 34.7 Å². The predicted octanol–water partition coefficient (Wildman–Crippen LogP) is 3.62. The minimum atomic E-state index is -4.50. The van der Waals surface area contributed by atoms with Gasteiger partial charge in [-0.05, 0) is 63.5 Å². The molecule has 0 bridgehead atoms. The lowest BCUT2D eigenvalue weighted by Crippen LogP contribution is -2.67. The number of aromatic nitrogens is 1. The van der Waals surface area contributed by atoms with E-state index in [1.165, 1.54) is 11.8 Å². The van der Waals surface area contributed by atoms with Crippen molar-refractivity contribution in [3.05, 3.63) is 52.7 Å². The molecule has 3 heterocycles. The predicted molar refractivity (Wildman–Crippen MR) is 157 cm³/mol. The number of Topliss-reactive ketones (excluding diaryl/α,β-unsaturated/α-hetero) is 2. The van der Waals surface area contributed by atoms with Gasteiger partial charge in [-0.25, -0.2) is 4.98 Å². The number of rotatable bonds is 8. The molecule has 3 aliphatic rings. The van der Waals surface area contributed by atoms with Crippen molar-refractivity contribution in [3.63, 3.8) is 0 Å². The third-order valence-corrected chi connectivity index (χ3v) is 8.91. The van der Waals surface area contributed by atoms with Crippen molar-refractivity contribution in [3.8, 4) is 6.07 Å². The largest absolute Gasteiger partial charge is 0.401 e. The summed E-state index contributed by atoms with van der Waals surface area (Å²) in [6.07, 6.45) is -0.856. The van der Waals surface area contributed by atoms with Crippen molar-refractivity contribution < 1.29 is 22.8 Å². The van der Waals surface area contributed by atoms with Crippen molar-refractivity contribution in [1.82, 2.24) is 20.1 Å². The molecule has 2 N–H and O–H groups in total. The minimum absolute atomic E-state index is 0.137. The molecule has 4 atom stereocenters. The standard InChI is InChI=1S/C30H35ClF3N7O2/c1-18-15-41(19(2)14-40(18)23-7-9-39(10-8-23)16-21-5-3-20(12-35)4-6-21)29-24(31)11-22(13-36-29)38-26-25(27(42)28(26)43)37-17-30(32,33)34/h3-6,11,13,18-19,23,25-26,37-38H,7-10,14-17H2,1-2H3/t18-,19+,25?,26?/m1/s1. The molecule has 2 unspecified atom stereocenters. The Morgan fingerprint density at radius 3 is 2.35 bits per heavy atom. The van der Waals surface area contributed by atoms with Gasteiger partial charge in [0.05, 0.1) is 35.1 Å². The Labute approximate surface area is 254 Å². The Kier molecular flexibility index (Phi) is 9.27. The minimum Gasteiger partial charge on any atom is -0.372 e. The Morgan fingerprint density at radius 1 is 1.05 bits per heavy atom. The number of benzene rings is 1. The maximum atomic E-state index is 12.6. The smallest absolute Gasteiger partial charge is 0.372 e. The van der Waals surface area contributed by atoms with Crippen LogP contribution < -0.4 is 15.5 Å². The van der Waals surface area contributed by atoms with Gasteiger partial charge in [-0.1, -0.05) is 23.7 Å². The molecule has 43 heavy (non-hydrogen) atoms. The second-order valence-electron chi connectivity index (χ2n) is 11.7. The molecule has 9 nitrogen and oxygen atoms in total. The van der Waals surface area contributed by atoms with Crippen LogP contribution in [-0.4, -0.2) is 95.5 Å². The van der Waals surface area contributed by atoms with Crippen LogP contribution in [0.3, 0.4) is 0 Å². The highest BCUT2D eigenvalue weighted by Gasteiger charge is 2.50. The first-order valence-electron chi connectivity index (χ1n) is 14.5. The van der Waals surface area contributed by atoms with Crippen LogP contribution in [0.15, 0.2) is 36.5 Å². The summed E-state index contributed by atoms with van der Waals surface area (Å²) in [5.74, 6) is -1.06.